The Bertz CT molecular complexity index is 287. The van der Waals surface area contributed by atoms with Crippen molar-refractivity contribution in [2.75, 3.05) is 0 Å². The first-order chi connectivity index (χ1) is 6.25. The smallest absolute Gasteiger partial charge is 0.0437 e. The van der Waals surface area contributed by atoms with Crippen molar-refractivity contribution in [1.29, 1.82) is 0 Å². The molecule has 0 aromatic carbocycles. The second kappa shape index (κ2) is 3.49. The van der Waals surface area contributed by atoms with Crippen LogP contribution in [0.5, 0.6) is 0 Å². The highest BCUT2D eigenvalue weighted by Gasteiger charge is 2.24. The lowest BCUT2D eigenvalue weighted by molar-refractivity contribution is 0.646. The van der Waals surface area contributed by atoms with Gasteiger partial charge in [0.15, 0.2) is 0 Å². The molecule has 70 valence electrons. The van der Waals surface area contributed by atoms with Gasteiger partial charge in [-0.1, -0.05) is 13.8 Å². The lowest BCUT2D eigenvalue weighted by Crippen LogP contribution is -1.96. The summed E-state index contributed by atoms with van der Waals surface area (Å²) in [6, 6.07) is 4.43. The van der Waals surface area contributed by atoms with Crippen LogP contribution in [0.1, 0.15) is 43.9 Å². The van der Waals surface area contributed by atoms with Crippen molar-refractivity contribution in [3.05, 3.63) is 29.6 Å². The first kappa shape index (κ1) is 8.74. The normalized spacial score (nSPS) is 16.5. The number of aromatic nitrogens is 1. The van der Waals surface area contributed by atoms with E-state index in [1.807, 2.05) is 6.20 Å². The van der Waals surface area contributed by atoms with E-state index in [-0.39, 0.29) is 0 Å². The summed E-state index contributed by atoms with van der Waals surface area (Å²) in [7, 11) is 0. The lowest BCUT2D eigenvalue weighted by Gasteiger charge is -2.05. The SMILES string of the molecule is CC(C)Cc1ccnc(C2CC2)c1. The molecule has 0 N–H and O–H groups in total. The standard InChI is InChI=1S/C12H17N/c1-9(2)7-10-5-6-13-12(8-10)11-3-4-11/h5-6,8-9,11H,3-4,7H2,1-2H3. The minimum Gasteiger partial charge on any atom is -0.261 e. The molecule has 0 unspecified atom stereocenters. The van der Waals surface area contributed by atoms with Gasteiger partial charge in [-0.2, -0.15) is 0 Å². The van der Waals surface area contributed by atoms with Crippen LogP contribution in [-0.4, -0.2) is 4.98 Å². The van der Waals surface area contributed by atoms with Crippen molar-refractivity contribution in [3.63, 3.8) is 0 Å². The summed E-state index contributed by atoms with van der Waals surface area (Å²) in [6.45, 7) is 4.52. The molecule has 13 heavy (non-hydrogen) atoms. The van der Waals surface area contributed by atoms with Crippen molar-refractivity contribution >= 4 is 0 Å². The molecular weight excluding hydrogens is 158 g/mol. The highest BCUT2D eigenvalue weighted by atomic mass is 14.7. The molecule has 1 heterocycles. The number of hydrogen-bond donors (Lipinski definition) is 0. The van der Waals surface area contributed by atoms with Crippen molar-refractivity contribution in [2.24, 2.45) is 5.92 Å². The van der Waals surface area contributed by atoms with E-state index in [9.17, 15) is 0 Å². The van der Waals surface area contributed by atoms with Crippen LogP contribution in [0.4, 0.5) is 0 Å². The predicted molar refractivity (Wildman–Crippen MR) is 54.8 cm³/mol. The van der Waals surface area contributed by atoms with Crippen LogP contribution in [-0.2, 0) is 6.42 Å². The largest absolute Gasteiger partial charge is 0.261 e. The fraction of sp³-hybridized carbons (Fsp3) is 0.583. The van der Waals surface area contributed by atoms with Crippen LogP contribution in [0, 0.1) is 5.92 Å². The molecule has 2 rings (SSSR count). The third-order valence-electron chi connectivity index (χ3n) is 2.49. The van der Waals surface area contributed by atoms with Gasteiger partial charge in [0.05, 0.1) is 0 Å². The zero-order valence-corrected chi connectivity index (χ0v) is 8.46. The molecule has 0 radical (unpaired) electrons. The third-order valence-corrected chi connectivity index (χ3v) is 2.49. The van der Waals surface area contributed by atoms with Gasteiger partial charge in [-0.3, -0.25) is 4.98 Å². The minimum absolute atomic E-state index is 0.745. The summed E-state index contributed by atoms with van der Waals surface area (Å²) in [5, 5.41) is 0. The van der Waals surface area contributed by atoms with E-state index in [0.717, 1.165) is 11.8 Å². The van der Waals surface area contributed by atoms with Crippen LogP contribution in [0.15, 0.2) is 18.3 Å². The summed E-state index contributed by atoms with van der Waals surface area (Å²) in [5.41, 5.74) is 2.77. The van der Waals surface area contributed by atoms with Crippen LogP contribution in [0.2, 0.25) is 0 Å². The fourth-order valence-corrected chi connectivity index (χ4v) is 1.70. The summed E-state index contributed by atoms with van der Waals surface area (Å²) in [4.78, 5) is 4.41. The number of rotatable bonds is 3. The molecule has 1 heteroatoms. The van der Waals surface area contributed by atoms with Gasteiger partial charge in [0.1, 0.15) is 0 Å². The molecule has 1 nitrogen and oxygen atoms in total. The molecular formula is C12H17N. The second-order valence-corrected chi connectivity index (χ2v) is 4.46. The van der Waals surface area contributed by atoms with Gasteiger partial charge in [0.2, 0.25) is 0 Å². The Morgan fingerprint density at radius 3 is 2.85 bits per heavy atom. The Kier molecular flexibility index (Phi) is 2.34. The van der Waals surface area contributed by atoms with Crippen molar-refractivity contribution in [2.45, 2.75) is 39.0 Å². The Morgan fingerprint density at radius 2 is 2.23 bits per heavy atom. The molecule has 1 aliphatic carbocycles. The summed E-state index contributed by atoms with van der Waals surface area (Å²) in [5.74, 6) is 1.53. The first-order valence-electron chi connectivity index (χ1n) is 5.20. The quantitative estimate of drug-likeness (QED) is 0.687. The van der Waals surface area contributed by atoms with Crippen LogP contribution in [0.25, 0.3) is 0 Å². The van der Waals surface area contributed by atoms with E-state index in [2.05, 4.69) is 31.0 Å². The fourth-order valence-electron chi connectivity index (χ4n) is 1.70. The van der Waals surface area contributed by atoms with Crippen LogP contribution >= 0.6 is 0 Å². The molecule has 1 saturated carbocycles. The highest BCUT2D eigenvalue weighted by Crippen LogP contribution is 2.39. The Balaban J connectivity index is 2.12. The molecule has 0 saturated heterocycles. The van der Waals surface area contributed by atoms with Crippen LogP contribution < -0.4 is 0 Å². The number of nitrogens with zero attached hydrogens (tertiary/aromatic N) is 1. The third kappa shape index (κ3) is 2.30. The Hall–Kier alpha value is -0.850. The summed E-state index contributed by atoms with van der Waals surface area (Å²) in [6.07, 6.45) is 5.84. The zero-order valence-electron chi connectivity index (χ0n) is 8.46. The van der Waals surface area contributed by atoms with Crippen molar-refractivity contribution < 1.29 is 0 Å². The van der Waals surface area contributed by atoms with Gasteiger partial charge in [-0.05, 0) is 42.9 Å². The van der Waals surface area contributed by atoms with E-state index in [4.69, 9.17) is 0 Å². The van der Waals surface area contributed by atoms with E-state index >= 15 is 0 Å². The van der Waals surface area contributed by atoms with Crippen LogP contribution in [0.3, 0.4) is 0 Å². The lowest BCUT2D eigenvalue weighted by atomic mass is 10.0. The monoisotopic (exact) mass is 175 g/mol. The van der Waals surface area contributed by atoms with Gasteiger partial charge in [0.25, 0.3) is 0 Å². The second-order valence-electron chi connectivity index (χ2n) is 4.46. The van der Waals surface area contributed by atoms with E-state index in [1.165, 1.54) is 30.5 Å². The molecule has 1 fully saturated rings. The van der Waals surface area contributed by atoms with Crippen molar-refractivity contribution in [1.82, 2.24) is 4.98 Å². The maximum Gasteiger partial charge on any atom is 0.0437 e. The molecule has 1 aromatic heterocycles. The van der Waals surface area contributed by atoms with Gasteiger partial charge in [-0.15, -0.1) is 0 Å². The molecule has 0 bridgehead atoms. The summed E-state index contributed by atoms with van der Waals surface area (Å²) < 4.78 is 0. The van der Waals surface area contributed by atoms with E-state index in [1.54, 1.807) is 0 Å². The molecule has 0 aliphatic heterocycles. The molecule has 0 atom stereocenters. The van der Waals surface area contributed by atoms with Gasteiger partial charge in [-0.25, -0.2) is 0 Å². The highest BCUT2D eigenvalue weighted by molar-refractivity contribution is 5.22. The molecule has 0 amide bonds. The molecule has 0 spiro atoms. The van der Waals surface area contributed by atoms with Gasteiger partial charge >= 0.3 is 0 Å². The zero-order chi connectivity index (χ0) is 9.26. The summed E-state index contributed by atoms with van der Waals surface area (Å²) >= 11 is 0. The minimum atomic E-state index is 0.745. The van der Waals surface area contributed by atoms with Gasteiger partial charge in [0, 0.05) is 17.8 Å². The Morgan fingerprint density at radius 1 is 1.46 bits per heavy atom. The number of pyridine rings is 1. The van der Waals surface area contributed by atoms with E-state index < -0.39 is 0 Å². The topological polar surface area (TPSA) is 12.9 Å². The molecule has 1 aliphatic rings. The predicted octanol–water partition coefficient (Wildman–Crippen LogP) is 3.16. The van der Waals surface area contributed by atoms with Crippen molar-refractivity contribution in [3.8, 4) is 0 Å². The number of hydrogen-bond acceptors (Lipinski definition) is 1. The molecule has 1 aromatic rings. The Labute approximate surface area is 80.2 Å². The maximum absolute atomic E-state index is 4.41. The van der Waals surface area contributed by atoms with E-state index in [0.29, 0.717) is 0 Å². The van der Waals surface area contributed by atoms with Gasteiger partial charge < -0.3 is 0 Å². The average molecular weight is 175 g/mol. The first-order valence-corrected chi connectivity index (χ1v) is 5.20. The average Bonchev–Trinajstić information content (AvgIpc) is 2.85. The maximum atomic E-state index is 4.41.